The van der Waals surface area contributed by atoms with E-state index < -0.39 is 0 Å². The second-order valence-corrected chi connectivity index (χ2v) is 7.39. The van der Waals surface area contributed by atoms with E-state index in [0.29, 0.717) is 22.6 Å². The van der Waals surface area contributed by atoms with Gasteiger partial charge in [0.1, 0.15) is 0 Å². The smallest absolute Gasteiger partial charge is 0.255 e. The lowest BCUT2D eigenvalue weighted by Crippen LogP contribution is -2.15. The minimum atomic E-state index is -0.293. The molecule has 0 saturated heterocycles. The Balaban J connectivity index is 1.54. The van der Waals surface area contributed by atoms with Crippen molar-refractivity contribution in [2.75, 3.05) is 21.7 Å². The molecule has 0 fully saturated rings. The van der Waals surface area contributed by atoms with Gasteiger partial charge in [0.2, 0.25) is 11.8 Å². The van der Waals surface area contributed by atoms with E-state index in [1.165, 1.54) is 18.7 Å². The van der Waals surface area contributed by atoms with E-state index in [0.717, 1.165) is 5.16 Å². The Labute approximate surface area is 178 Å². The third kappa shape index (κ3) is 5.95. The van der Waals surface area contributed by atoms with Gasteiger partial charge in [-0.25, -0.2) is 4.98 Å². The molecule has 1 heterocycles. The van der Waals surface area contributed by atoms with Crippen molar-refractivity contribution < 1.29 is 14.4 Å². The first-order chi connectivity index (χ1) is 14.4. The molecule has 3 rings (SSSR count). The van der Waals surface area contributed by atoms with Crippen molar-refractivity contribution in [3.8, 4) is 0 Å². The van der Waals surface area contributed by atoms with Crippen molar-refractivity contribution in [2.45, 2.75) is 12.1 Å². The fourth-order valence-corrected chi connectivity index (χ4v) is 3.34. The topological polar surface area (TPSA) is 105 Å². The molecule has 0 radical (unpaired) electrons. The molecule has 0 saturated carbocycles. The van der Waals surface area contributed by atoms with Gasteiger partial charge in [-0.2, -0.15) is 0 Å². The SMILES string of the molecule is CC(=O)Nc1cccc(NC(=O)c2ccc(NC(=O)CSc3nccn3C)cc2)c1. The summed E-state index contributed by atoms with van der Waals surface area (Å²) in [4.78, 5) is 39.9. The van der Waals surface area contributed by atoms with Crippen LogP contribution in [0.25, 0.3) is 0 Å². The summed E-state index contributed by atoms with van der Waals surface area (Å²) in [5.74, 6) is -0.403. The zero-order chi connectivity index (χ0) is 21.5. The summed E-state index contributed by atoms with van der Waals surface area (Å²) in [5.41, 5.74) is 2.21. The van der Waals surface area contributed by atoms with Gasteiger partial charge in [0.05, 0.1) is 5.75 Å². The number of amides is 3. The van der Waals surface area contributed by atoms with Gasteiger partial charge in [-0.15, -0.1) is 0 Å². The lowest BCUT2D eigenvalue weighted by Gasteiger charge is -2.09. The number of aryl methyl sites for hydroxylation is 1. The Morgan fingerprint density at radius 1 is 0.967 bits per heavy atom. The molecular formula is C21H21N5O3S. The van der Waals surface area contributed by atoms with Crippen molar-refractivity contribution in [3.63, 3.8) is 0 Å². The number of carbonyl (C=O) groups excluding carboxylic acids is 3. The van der Waals surface area contributed by atoms with E-state index in [4.69, 9.17) is 0 Å². The van der Waals surface area contributed by atoms with E-state index in [2.05, 4.69) is 20.9 Å². The summed E-state index contributed by atoms with van der Waals surface area (Å²) in [6.45, 7) is 1.42. The fraction of sp³-hybridized carbons (Fsp3) is 0.143. The number of anilines is 3. The third-order valence-electron chi connectivity index (χ3n) is 3.98. The number of benzene rings is 2. The lowest BCUT2D eigenvalue weighted by molar-refractivity contribution is -0.114. The number of hydrogen-bond acceptors (Lipinski definition) is 5. The molecule has 3 aromatic rings. The Morgan fingerprint density at radius 2 is 1.67 bits per heavy atom. The minimum Gasteiger partial charge on any atom is -0.329 e. The standard InChI is InChI=1S/C21H21N5O3S/c1-14(27)23-17-4-3-5-18(12-17)25-20(29)15-6-8-16(9-7-15)24-19(28)13-30-21-22-10-11-26(21)2/h3-12H,13H2,1-2H3,(H,23,27)(H,24,28)(H,25,29). The molecule has 3 N–H and O–H groups in total. The van der Waals surface area contributed by atoms with Crippen LogP contribution in [0.4, 0.5) is 17.1 Å². The summed E-state index contributed by atoms with van der Waals surface area (Å²) in [6, 6.07) is 13.5. The van der Waals surface area contributed by atoms with Gasteiger partial charge in [-0.1, -0.05) is 17.8 Å². The summed E-state index contributed by atoms with van der Waals surface area (Å²) in [6.07, 6.45) is 3.50. The molecule has 0 bridgehead atoms. The average molecular weight is 423 g/mol. The van der Waals surface area contributed by atoms with Crippen molar-refractivity contribution in [3.05, 3.63) is 66.5 Å². The Morgan fingerprint density at radius 3 is 2.30 bits per heavy atom. The zero-order valence-electron chi connectivity index (χ0n) is 16.5. The van der Waals surface area contributed by atoms with Gasteiger partial charge >= 0.3 is 0 Å². The molecule has 8 nitrogen and oxygen atoms in total. The monoisotopic (exact) mass is 423 g/mol. The van der Waals surface area contributed by atoms with Gasteiger partial charge in [-0.3, -0.25) is 14.4 Å². The molecule has 30 heavy (non-hydrogen) atoms. The number of aromatic nitrogens is 2. The van der Waals surface area contributed by atoms with Gasteiger partial charge in [0.15, 0.2) is 5.16 Å². The minimum absolute atomic E-state index is 0.157. The second kappa shape index (κ2) is 9.75. The molecule has 0 aliphatic carbocycles. The predicted octanol–water partition coefficient (Wildman–Crippen LogP) is 3.36. The van der Waals surface area contributed by atoms with Crippen LogP contribution in [0.1, 0.15) is 17.3 Å². The molecular weight excluding hydrogens is 402 g/mol. The molecule has 0 atom stereocenters. The number of hydrogen-bond donors (Lipinski definition) is 3. The number of rotatable bonds is 7. The predicted molar refractivity (Wildman–Crippen MR) is 118 cm³/mol. The Bertz CT molecular complexity index is 1060. The average Bonchev–Trinajstić information content (AvgIpc) is 3.11. The molecule has 0 aliphatic heterocycles. The molecule has 2 aromatic carbocycles. The maximum absolute atomic E-state index is 12.4. The number of nitrogens with zero attached hydrogens (tertiary/aromatic N) is 2. The largest absolute Gasteiger partial charge is 0.329 e. The number of carbonyl (C=O) groups is 3. The first kappa shape index (κ1) is 21.1. The van der Waals surface area contributed by atoms with Gasteiger partial charge < -0.3 is 20.5 Å². The van der Waals surface area contributed by atoms with Crippen LogP contribution < -0.4 is 16.0 Å². The highest BCUT2D eigenvalue weighted by molar-refractivity contribution is 7.99. The maximum atomic E-state index is 12.4. The Hall–Kier alpha value is -3.59. The summed E-state index contributed by atoms with van der Waals surface area (Å²) < 4.78 is 1.84. The summed E-state index contributed by atoms with van der Waals surface area (Å²) in [5, 5.41) is 9.01. The van der Waals surface area contributed by atoms with Crippen LogP contribution in [0.5, 0.6) is 0 Å². The Kier molecular flexibility index (Phi) is 6.87. The highest BCUT2D eigenvalue weighted by Crippen LogP contribution is 2.18. The van der Waals surface area contributed by atoms with Gasteiger partial charge in [0, 0.05) is 49.0 Å². The molecule has 9 heteroatoms. The number of imidazole rings is 1. The van der Waals surface area contributed by atoms with Crippen molar-refractivity contribution >= 4 is 46.5 Å². The molecule has 1 aromatic heterocycles. The first-order valence-electron chi connectivity index (χ1n) is 9.10. The van der Waals surface area contributed by atoms with E-state index in [1.54, 1.807) is 54.7 Å². The molecule has 0 unspecified atom stereocenters. The number of thioether (sulfide) groups is 1. The van der Waals surface area contributed by atoms with Crippen molar-refractivity contribution in [1.82, 2.24) is 9.55 Å². The van der Waals surface area contributed by atoms with Crippen molar-refractivity contribution in [1.29, 1.82) is 0 Å². The van der Waals surface area contributed by atoms with Crippen molar-refractivity contribution in [2.24, 2.45) is 7.05 Å². The van der Waals surface area contributed by atoms with E-state index in [-0.39, 0.29) is 23.5 Å². The van der Waals surface area contributed by atoms with E-state index in [1.807, 2.05) is 17.8 Å². The second-order valence-electron chi connectivity index (χ2n) is 6.45. The summed E-state index contributed by atoms with van der Waals surface area (Å²) in [7, 11) is 1.87. The van der Waals surface area contributed by atoms with Crippen LogP contribution in [0.15, 0.2) is 66.1 Å². The zero-order valence-corrected chi connectivity index (χ0v) is 17.3. The number of nitrogens with one attached hydrogen (secondary N) is 3. The van der Waals surface area contributed by atoms with Crippen LogP contribution in [0.2, 0.25) is 0 Å². The quantitative estimate of drug-likeness (QED) is 0.506. The third-order valence-corrected chi connectivity index (χ3v) is 5.04. The van der Waals surface area contributed by atoms with Crippen LogP contribution in [-0.2, 0) is 16.6 Å². The van der Waals surface area contributed by atoms with Gasteiger partial charge in [0.25, 0.3) is 5.91 Å². The fourth-order valence-electron chi connectivity index (χ4n) is 2.60. The molecule has 3 amide bonds. The van der Waals surface area contributed by atoms with Crippen LogP contribution in [-0.4, -0.2) is 33.0 Å². The van der Waals surface area contributed by atoms with Gasteiger partial charge in [-0.05, 0) is 42.5 Å². The van der Waals surface area contributed by atoms with E-state index >= 15 is 0 Å². The molecule has 0 aliphatic rings. The highest BCUT2D eigenvalue weighted by atomic mass is 32.2. The maximum Gasteiger partial charge on any atom is 0.255 e. The lowest BCUT2D eigenvalue weighted by atomic mass is 10.2. The van der Waals surface area contributed by atoms with Crippen LogP contribution >= 0.6 is 11.8 Å². The summed E-state index contributed by atoms with van der Waals surface area (Å²) >= 11 is 1.34. The first-order valence-corrected chi connectivity index (χ1v) is 10.1. The molecule has 154 valence electrons. The van der Waals surface area contributed by atoms with E-state index in [9.17, 15) is 14.4 Å². The van der Waals surface area contributed by atoms with Crippen LogP contribution in [0, 0.1) is 0 Å². The molecule has 0 spiro atoms. The normalized spacial score (nSPS) is 10.3. The highest BCUT2D eigenvalue weighted by Gasteiger charge is 2.09. The van der Waals surface area contributed by atoms with Crippen LogP contribution in [0.3, 0.4) is 0 Å².